The van der Waals surface area contributed by atoms with E-state index in [1.165, 1.54) is 0 Å². The van der Waals surface area contributed by atoms with Crippen LogP contribution in [-0.2, 0) is 7.05 Å². The van der Waals surface area contributed by atoms with Crippen LogP contribution in [0.25, 0.3) is 22.2 Å². The van der Waals surface area contributed by atoms with E-state index < -0.39 is 0 Å². The van der Waals surface area contributed by atoms with E-state index in [2.05, 4.69) is 5.10 Å². The number of anilines is 1. The van der Waals surface area contributed by atoms with Crippen LogP contribution in [0.5, 0.6) is 5.75 Å². The quantitative estimate of drug-likeness (QED) is 0.727. The first-order chi connectivity index (χ1) is 10.2. The van der Waals surface area contributed by atoms with Gasteiger partial charge in [0.2, 0.25) is 0 Å². The molecule has 0 aliphatic heterocycles. The van der Waals surface area contributed by atoms with Gasteiger partial charge in [-0.25, -0.2) is 0 Å². The number of rotatable bonds is 2. The van der Waals surface area contributed by atoms with Gasteiger partial charge >= 0.3 is 0 Å². The molecule has 21 heavy (non-hydrogen) atoms. The maximum atomic E-state index is 5.72. The van der Waals surface area contributed by atoms with Crippen molar-refractivity contribution in [3.63, 3.8) is 0 Å². The summed E-state index contributed by atoms with van der Waals surface area (Å²) >= 11 is 0. The number of hydrogen-bond donors (Lipinski definition) is 1. The molecule has 0 aliphatic rings. The Kier molecular flexibility index (Phi) is 4.48. The van der Waals surface area contributed by atoms with Gasteiger partial charge in [0.15, 0.2) is 0 Å². The van der Waals surface area contributed by atoms with E-state index in [0.717, 1.165) is 33.6 Å². The van der Waals surface area contributed by atoms with Gasteiger partial charge in [0.25, 0.3) is 0 Å². The zero-order chi connectivity index (χ0) is 15.4. The van der Waals surface area contributed by atoms with Crippen molar-refractivity contribution in [3.05, 3.63) is 42.5 Å². The summed E-state index contributed by atoms with van der Waals surface area (Å²) < 4.78 is 7.16. The van der Waals surface area contributed by atoms with Crippen LogP contribution in [0.4, 0.5) is 5.69 Å². The minimum atomic E-state index is 0.751. The minimum Gasteiger partial charge on any atom is -0.497 e. The zero-order valence-electron chi connectivity index (χ0n) is 12.9. The topological polar surface area (TPSA) is 53.1 Å². The number of aromatic nitrogens is 2. The molecule has 4 heteroatoms. The molecule has 0 unspecified atom stereocenters. The fourth-order valence-electron chi connectivity index (χ4n) is 2.23. The normalized spacial score (nSPS) is 10.1. The largest absolute Gasteiger partial charge is 0.497 e. The van der Waals surface area contributed by atoms with Crippen molar-refractivity contribution < 1.29 is 4.74 Å². The van der Waals surface area contributed by atoms with E-state index in [0.29, 0.717) is 0 Å². The van der Waals surface area contributed by atoms with Gasteiger partial charge in [-0.2, -0.15) is 5.10 Å². The van der Waals surface area contributed by atoms with Gasteiger partial charge in [-0.15, -0.1) is 0 Å². The van der Waals surface area contributed by atoms with Gasteiger partial charge in [0.1, 0.15) is 11.4 Å². The van der Waals surface area contributed by atoms with Crippen LogP contribution in [-0.4, -0.2) is 16.9 Å². The monoisotopic (exact) mass is 283 g/mol. The lowest BCUT2D eigenvalue weighted by atomic mass is 10.1. The van der Waals surface area contributed by atoms with Crippen molar-refractivity contribution in [2.24, 2.45) is 7.05 Å². The van der Waals surface area contributed by atoms with Crippen molar-refractivity contribution in [1.82, 2.24) is 9.78 Å². The average Bonchev–Trinajstić information content (AvgIpc) is 2.86. The number of ether oxygens (including phenoxy) is 1. The number of nitrogen functional groups attached to an aromatic ring is 1. The second-order valence-electron chi connectivity index (χ2n) is 4.48. The molecule has 0 fully saturated rings. The second kappa shape index (κ2) is 6.31. The Morgan fingerprint density at radius 1 is 1.05 bits per heavy atom. The molecule has 3 aromatic rings. The molecule has 0 saturated heterocycles. The van der Waals surface area contributed by atoms with Crippen LogP contribution in [0.2, 0.25) is 0 Å². The Labute approximate surface area is 125 Å². The standard InChI is InChI=1S/C15H15N3O.C2H6/c1-18-14-8-7-12(19-2)9-13(14)15(17-18)10-3-5-11(16)6-4-10;1-2/h3-9H,16H2,1-2H3;1-2H3. The van der Waals surface area contributed by atoms with Gasteiger partial charge in [-0.3, -0.25) is 4.68 Å². The summed E-state index contributed by atoms with van der Waals surface area (Å²) in [5, 5.41) is 5.66. The number of nitrogens with zero attached hydrogens (tertiary/aromatic N) is 2. The predicted molar refractivity (Wildman–Crippen MR) is 88.5 cm³/mol. The van der Waals surface area contributed by atoms with E-state index >= 15 is 0 Å². The lowest BCUT2D eigenvalue weighted by molar-refractivity contribution is 0.415. The lowest BCUT2D eigenvalue weighted by Crippen LogP contribution is -1.90. The highest BCUT2D eigenvalue weighted by atomic mass is 16.5. The highest BCUT2D eigenvalue weighted by Gasteiger charge is 2.11. The fraction of sp³-hybridized carbons (Fsp3) is 0.235. The molecule has 110 valence electrons. The molecular weight excluding hydrogens is 262 g/mol. The number of hydrogen-bond acceptors (Lipinski definition) is 3. The van der Waals surface area contributed by atoms with Gasteiger partial charge in [-0.1, -0.05) is 26.0 Å². The van der Waals surface area contributed by atoms with Crippen molar-refractivity contribution in [1.29, 1.82) is 0 Å². The fourth-order valence-corrected chi connectivity index (χ4v) is 2.23. The Balaban J connectivity index is 0.000000774. The van der Waals surface area contributed by atoms with Gasteiger partial charge < -0.3 is 10.5 Å². The van der Waals surface area contributed by atoms with Crippen molar-refractivity contribution in [2.45, 2.75) is 13.8 Å². The first kappa shape index (κ1) is 14.9. The Bertz CT molecular complexity index is 730. The molecule has 0 saturated carbocycles. The van der Waals surface area contributed by atoms with Crippen LogP contribution in [0.15, 0.2) is 42.5 Å². The second-order valence-corrected chi connectivity index (χ2v) is 4.48. The molecule has 2 N–H and O–H groups in total. The van der Waals surface area contributed by atoms with Crippen LogP contribution in [0.3, 0.4) is 0 Å². The van der Waals surface area contributed by atoms with Crippen LogP contribution in [0.1, 0.15) is 13.8 Å². The summed E-state index contributed by atoms with van der Waals surface area (Å²) in [5.41, 5.74) is 9.54. The molecule has 3 rings (SSSR count). The van der Waals surface area contributed by atoms with Gasteiger partial charge in [0.05, 0.1) is 12.6 Å². The summed E-state index contributed by atoms with van der Waals surface area (Å²) in [5.74, 6) is 0.831. The number of aryl methyl sites for hydroxylation is 1. The third-order valence-electron chi connectivity index (χ3n) is 3.24. The van der Waals surface area contributed by atoms with Crippen molar-refractivity contribution >= 4 is 16.6 Å². The molecular formula is C17H21N3O. The number of benzene rings is 2. The molecule has 0 atom stereocenters. The zero-order valence-corrected chi connectivity index (χ0v) is 12.9. The maximum Gasteiger partial charge on any atom is 0.119 e. The molecule has 0 amide bonds. The summed E-state index contributed by atoms with van der Waals surface area (Å²) in [6, 6.07) is 13.7. The molecule has 2 aromatic carbocycles. The highest BCUT2D eigenvalue weighted by molar-refractivity contribution is 5.94. The summed E-state index contributed by atoms with van der Waals surface area (Å²) in [6.45, 7) is 4.00. The Hall–Kier alpha value is -2.49. The average molecular weight is 283 g/mol. The Morgan fingerprint density at radius 3 is 2.33 bits per heavy atom. The number of nitrogens with two attached hydrogens (primary N) is 1. The SMILES string of the molecule is CC.COc1ccc2c(c1)c(-c1ccc(N)cc1)nn2C. The first-order valence-corrected chi connectivity index (χ1v) is 7.05. The Morgan fingerprint density at radius 2 is 1.71 bits per heavy atom. The molecule has 0 bridgehead atoms. The van der Waals surface area contributed by atoms with Crippen molar-refractivity contribution in [2.75, 3.05) is 12.8 Å². The smallest absolute Gasteiger partial charge is 0.119 e. The number of methoxy groups -OCH3 is 1. The summed E-state index contributed by atoms with van der Waals surface area (Å²) in [4.78, 5) is 0. The van der Waals surface area contributed by atoms with Crippen LogP contribution < -0.4 is 10.5 Å². The molecule has 0 spiro atoms. The molecule has 1 aromatic heterocycles. The molecule has 4 nitrogen and oxygen atoms in total. The van der Waals surface area contributed by atoms with Crippen LogP contribution >= 0.6 is 0 Å². The van der Waals surface area contributed by atoms with E-state index in [4.69, 9.17) is 10.5 Å². The first-order valence-electron chi connectivity index (χ1n) is 7.05. The van der Waals surface area contributed by atoms with E-state index in [-0.39, 0.29) is 0 Å². The lowest BCUT2D eigenvalue weighted by Gasteiger charge is -2.01. The third-order valence-corrected chi connectivity index (χ3v) is 3.24. The van der Waals surface area contributed by atoms with E-state index in [1.807, 2.05) is 68.0 Å². The maximum absolute atomic E-state index is 5.72. The minimum absolute atomic E-state index is 0.751. The molecule has 0 radical (unpaired) electrons. The molecule has 1 heterocycles. The summed E-state index contributed by atoms with van der Waals surface area (Å²) in [6.07, 6.45) is 0. The highest BCUT2D eigenvalue weighted by Crippen LogP contribution is 2.30. The number of fused-ring (bicyclic) bond motifs is 1. The van der Waals surface area contributed by atoms with Gasteiger partial charge in [0, 0.05) is 23.7 Å². The molecule has 0 aliphatic carbocycles. The van der Waals surface area contributed by atoms with Crippen molar-refractivity contribution in [3.8, 4) is 17.0 Å². The third kappa shape index (κ3) is 2.84. The summed E-state index contributed by atoms with van der Waals surface area (Å²) in [7, 11) is 3.61. The van der Waals surface area contributed by atoms with E-state index in [1.54, 1.807) is 7.11 Å². The van der Waals surface area contributed by atoms with Gasteiger partial charge in [-0.05, 0) is 30.3 Å². The van der Waals surface area contributed by atoms with E-state index in [9.17, 15) is 0 Å². The van der Waals surface area contributed by atoms with Crippen LogP contribution in [0, 0.1) is 0 Å². The predicted octanol–water partition coefficient (Wildman–Crippen LogP) is 3.86.